The summed E-state index contributed by atoms with van der Waals surface area (Å²) in [6, 6.07) is 9.83. The molecule has 1 aromatic heterocycles. The summed E-state index contributed by atoms with van der Waals surface area (Å²) in [4.78, 5) is 11.9. The van der Waals surface area contributed by atoms with Gasteiger partial charge in [0.1, 0.15) is 5.76 Å². The average molecular weight is 272 g/mol. The Kier molecular flexibility index (Phi) is 3.52. The van der Waals surface area contributed by atoms with Crippen LogP contribution in [0.4, 0.5) is 0 Å². The smallest absolute Gasteiger partial charge is 0.273 e. The van der Waals surface area contributed by atoms with Gasteiger partial charge in [-0.2, -0.15) is 0 Å². The summed E-state index contributed by atoms with van der Waals surface area (Å²) in [5.41, 5.74) is 2.82. The lowest BCUT2D eigenvalue weighted by Crippen LogP contribution is -2.36. The zero-order valence-electron chi connectivity index (χ0n) is 11.3. The standard InChI is InChI=1S/C15H16N2O3/c1-10-6-14(17-20-10)15(18)16-8-13-7-11-4-2-3-5-12(11)9-19-13/h2-6,13H,7-9H2,1H3,(H,16,18). The van der Waals surface area contributed by atoms with Crippen LogP contribution in [0.25, 0.3) is 0 Å². The number of nitrogens with zero attached hydrogens (tertiary/aromatic N) is 1. The van der Waals surface area contributed by atoms with Crippen LogP contribution in [0.2, 0.25) is 0 Å². The molecule has 1 atom stereocenters. The quantitative estimate of drug-likeness (QED) is 0.926. The second-order valence-electron chi connectivity index (χ2n) is 4.94. The van der Waals surface area contributed by atoms with Gasteiger partial charge in [-0.15, -0.1) is 0 Å². The maximum atomic E-state index is 11.9. The number of hydrogen-bond acceptors (Lipinski definition) is 4. The summed E-state index contributed by atoms with van der Waals surface area (Å²) in [5, 5.41) is 6.51. The third-order valence-corrected chi connectivity index (χ3v) is 3.39. The molecule has 1 aliphatic rings. The van der Waals surface area contributed by atoms with E-state index in [1.54, 1.807) is 13.0 Å². The first-order valence-corrected chi connectivity index (χ1v) is 6.62. The number of rotatable bonds is 3. The molecule has 1 unspecified atom stereocenters. The zero-order chi connectivity index (χ0) is 13.9. The fourth-order valence-electron chi connectivity index (χ4n) is 2.31. The molecule has 0 bridgehead atoms. The van der Waals surface area contributed by atoms with Gasteiger partial charge in [0.15, 0.2) is 5.69 Å². The number of carbonyl (C=O) groups is 1. The Bertz CT molecular complexity index is 621. The van der Waals surface area contributed by atoms with Crippen molar-refractivity contribution in [3.05, 3.63) is 52.9 Å². The molecule has 0 saturated heterocycles. The fraction of sp³-hybridized carbons (Fsp3) is 0.333. The molecule has 5 nitrogen and oxygen atoms in total. The predicted molar refractivity (Wildman–Crippen MR) is 72.3 cm³/mol. The van der Waals surface area contributed by atoms with E-state index in [0.717, 1.165) is 6.42 Å². The Morgan fingerprint density at radius 1 is 1.40 bits per heavy atom. The van der Waals surface area contributed by atoms with Crippen molar-refractivity contribution < 1.29 is 14.1 Å². The van der Waals surface area contributed by atoms with Gasteiger partial charge in [0, 0.05) is 19.0 Å². The highest BCUT2D eigenvalue weighted by Gasteiger charge is 2.20. The number of fused-ring (bicyclic) bond motifs is 1. The summed E-state index contributed by atoms with van der Waals surface area (Å²) in [6.45, 7) is 2.82. The van der Waals surface area contributed by atoms with Gasteiger partial charge in [-0.1, -0.05) is 29.4 Å². The van der Waals surface area contributed by atoms with E-state index < -0.39 is 0 Å². The number of benzene rings is 1. The van der Waals surface area contributed by atoms with Gasteiger partial charge in [0.2, 0.25) is 0 Å². The van der Waals surface area contributed by atoms with E-state index in [4.69, 9.17) is 9.26 Å². The second-order valence-corrected chi connectivity index (χ2v) is 4.94. The summed E-state index contributed by atoms with van der Waals surface area (Å²) < 4.78 is 10.6. The molecule has 0 saturated carbocycles. The molecule has 3 rings (SSSR count). The van der Waals surface area contributed by atoms with Crippen molar-refractivity contribution in [3.63, 3.8) is 0 Å². The molecule has 20 heavy (non-hydrogen) atoms. The Labute approximate surface area is 116 Å². The molecule has 2 aromatic rings. The van der Waals surface area contributed by atoms with Crippen LogP contribution in [-0.2, 0) is 17.8 Å². The minimum atomic E-state index is -0.232. The molecule has 104 valence electrons. The summed E-state index contributed by atoms with van der Waals surface area (Å²) >= 11 is 0. The van der Waals surface area contributed by atoms with Crippen molar-refractivity contribution in [1.29, 1.82) is 0 Å². The van der Waals surface area contributed by atoms with Crippen molar-refractivity contribution in [2.45, 2.75) is 26.1 Å². The highest BCUT2D eigenvalue weighted by atomic mass is 16.5. The first-order valence-electron chi connectivity index (χ1n) is 6.62. The maximum absolute atomic E-state index is 11.9. The van der Waals surface area contributed by atoms with Gasteiger partial charge in [0.25, 0.3) is 5.91 Å². The van der Waals surface area contributed by atoms with Crippen molar-refractivity contribution in [3.8, 4) is 0 Å². The third-order valence-electron chi connectivity index (χ3n) is 3.39. The SMILES string of the molecule is Cc1cc(C(=O)NCC2Cc3ccccc3CO2)no1. The molecule has 5 heteroatoms. The molecule has 0 aliphatic carbocycles. The molecule has 0 radical (unpaired) electrons. The van der Waals surface area contributed by atoms with Gasteiger partial charge in [-0.3, -0.25) is 4.79 Å². The summed E-state index contributed by atoms with van der Waals surface area (Å²) in [5.74, 6) is 0.391. The largest absolute Gasteiger partial charge is 0.371 e. The van der Waals surface area contributed by atoms with Crippen LogP contribution in [0.1, 0.15) is 27.4 Å². The van der Waals surface area contributed by atoms with Gasteiger partial charge < -0.3 is 14.6 Å². The van der Waals surface area contributed by atoms with Crippen LogP contribution in [-0.4, -0.2) is 23.7 Å². The lowest BCUT2D eigenvalue weighted by molar-refractivity contribution is 0.0284. The number of aromatic nitrogens is 1. The van der Waals surface area contributed by atoms with Crippen molar-refractivity contribution >= 4 is 5.91 Å². The Hall–Kier alpha value is -2.14. The zero-order valence-corrected chi connectivity index (χ0v) is 11.3. The van der Waals surface area contributed by atoms with E-state index in [2.05, 4.69) is 22.6 Å². The topological polar surface area (TPSA) is 64.4 Å². The summed E-state index contributed by atoms with van der Waals surface area (Å²) in [7, 11) is 0. The third kappa shape index (κ3) is 2.72. The van der Waals surface area contributed by atoms with Crippen molar-refractivity contribution in [2.75, 3.05) is 6.54 Å². The molecule has 1 N–H and O–H groups in total. The molecular weight excluding hydrogens is 256 g/mol. The van der Waals surface area contributed by atoms with Crippen LogP contribution >= 0.6 is 0 Å². The van der Waals surface area contributed by atoms with Crippen LogP contribution in [0.5, 0.6) is 0 Å². The van der Waals surface area contributed by atoms with Crippen molar-refractivity contribution in [1.82, 2.24) is 10.5 Å². The Balaban J connectivity index is 1.56. The predicted octanol–water partition coefficient (Wildman–Crippen LogP) is 1.85. The van der Waals surface area contributed by atoms with E-state index in [9.17, 15) is 4.79 Å². The molecule has 1 aromatic carbocycles. The molecule has 0 spiro atoms. The van der Waals surface area contributed by atoms with Gasteiger partial charge in [-0.05, 0) is 18.1 Å². The monoisotopic (exact) mass is 272 g/mol. The number of hydrogen-bond donors (Lipinski definition) is 1. The lowest BCUT2D eigenvalue weighted by Gasteiger charge is -2.25. The first kappa shape index (κ1) is 12.9. The van der Waals surface area contributed by atoms with E-state index >= 15 is 0 Å². The van der Waals surface area contributed by atoms with E-state index in [1.807, 2.05) is 12.1 Å². The number of nitrogens with one attached hydrogen (secondary N) is 1. The molecule has 1 aliphatic heterocycles. The van der Waals surface area contributed by atoms with E-state index in [0.29, 0.717) is 24.6 Å². The fourth-order valence-corrected chi connectivity index (χ4v) is 2.31. The number of amides is 1. The maximum Gasteiger partial charge on any atom is 0.273 e. The van der Waals surface area contributed by atoms with Crippen molar-refractivity contribution in [2.24, 2.45) is 0 Å². The van der Waals surface area contributed by atoms with E-state index in [-0.39, 0.29) is 12.0 Å². The molecule has 2 heterocycles. The lowest BCUT2D eigenvalue weighted by atomic mass is 9.99. The highest BCUT2D eigenvalue weighted by molar-refractivity contribution is 5.92. The molecule has 0 fully saturated rings. The number of ether oxygens (including phenoxy) is 1. The first-order chi connectivity index (χ1) is 9.72. The number of aryl methyl sites for hydroxylation is 1. The van der Waals surface area contributed by atoms with Crippen LogP contribution in [0.15, 0.2) is 34.9 Å². The molecule has 1 amide bonds. The van der Waals surface area contributed by atoms with Gasteiger partial charge >= 0.3 is 0 Å². The Morgan fingerprint density at radius 2 is 2.20 bits per heavy atom. The van der Waals surface area contributed by atoms with Gasteiger partial charge in [0.05, 0.1) is 12.7 Å². The molecular formula is C15H16N2O3. The average Bonchev–Trinajstić information content (AvgIpc) is 2.91. The van der Waals surface area contributed by atoms with Crippen LogP contribution in [0.3, 0.4) is 0 Å². The number of carbonyl (C=O) groups excluding carboxylic acids is 1. The van der Waals surface area contributed by atoms with Crippen LogP contribution in [0, 0.1) is 6.92 Å². The van der Waals surface area contributed by atoms with Crippen LogP contribution < -0.4 is 5.32 Å². The van der Waals surface area contributed by atoms with E-state index in [1.165, 1.54) is 11.1 Å². The summed E-state index contributed by atoms with van der Waals surface area (Å²) in [6.07, 6.45) is 0.815. The minimum absolute atomic E-state index is 0.00171. The normalized spacial score (nSPS) is 17.6. The Morgan fingerprint density at radius 3 is 2.95 bits per heavy atom. The highest BCUT2D eigenvalue weighted by Crippen LogP contribution is 2.19. The minimum Gasteiger partial charge on any atom is -0.371 e. The van der Waals surface area contributed by atoms with Gasteiger partial charge in [-0.25, -0.2) is 0 Å². The second kappa shape index (κ2) is 5.46.